The second kappa shape index (κ2) is 6.67. The first-order chi connectivity index (χ1) is 9.88. The molecular formula is C15H18Cl2N2O2. The third-order valence-corrected chi connectivity index (χ3v) is 4.45. The van der Waals surface area contributed by atoms with Crippen LogP contribution in [0, 0.1) is 11.8 Å². The zero-order valence-electron chi connectivity index (χ0n) is 11.8. The van der Waals surface area contributed by atoms with Crippen molar-refractivity contribution in [2.24, 2.45) is 17.6 Å². The van der Waals surface area contributed by atoms with Crippen molar-refractivity contribution in [3.8, 4) is 0 Å². The smallest absolute Gasteiger partial charge is 0.225 e. The van der Waals surface area contributed by atoms with Gasteiger partial charge >= 0.3 is 0 Å². The van der Waals surface area contributed by atoms with Gasteiger partial charge < -0.3 is 10.6 Å². The van der Waals surface area contributed by atoms with E-state index in [1.165, 1.54) is 0 Å². The molecule has 21 heavy (non-hydrogen) atoms. The molecule has 2 N–H and O–H groups in total. The minimum Gasteiger partial charge on any atom is -0.369 e. The molecule has 1 saturated heterocycles. The highest BCUT2D eigenvalue weighted by Crippen LogP contribution is 2.25. The summed E-state index contributed by atoms with van der Waals surface area (Å²) in [5.41, 5.74) is 6.18. The molecule has 0 aliphatic carbocycles. The molecule has 4 nitrogen and oxygen atoms in total. The van der Waals surface area contributed by atoms with E-state index in [1.54, 1.807) is 17.0 Å². The number of hydrogen-bond donors (Lipinski definition) is 1. The molecule has 1 aliphatic heterocycles. The normalized spacial score (nSPS) is 19.6. The SMILES string of the molecule is C[C@H](Cc1ccc(Cl)cc1Cl)C(=O)N1CC[C@H](C(N)=O)C1. The monoisotopic (exact) mass is 328 g/mol. The maximum absolute atomic E-state index is 12.4. The topological polar surface area (TPSA) is 63.4 Å². The second-order valence-corrected chi connectivity index (χ2v) is 6.36. The lowest BCUT2D eigenvalue weighted by molar-refractivity contribution is -0.134. The second-order valence-electron chi connectivity index (χ2n) is 5.51. The first-order valence-corrected chi connectivity index (χ1v) is 7.66. The van der Waals surface area contributed by atoms with E-state index in [0.29, 0.717) is 36.0 Å². The molecule has 0 radical (unpaired) electrons. The summed E-state index contributed by atoms with van der Waals surface area (Å²) in [6.45, 7) is 2.88. The molecule has 0 unspecified atom stereocenters. The van der Waals surface area contributed by atoms with Gasteiger partial charge in [-0.05, 0) is 30.5 Å². The van der Waals surface area contributed by atoms with Crippen molar-refractivity contribution in [1.29, 1.82) is 0 Å². The number of benzene rings is 1. The summed E-state index contributed by atoms with van der Waals surface area (Å²) in [5, 5.41) is 1.14. The van der Waals surface area contributed by atoms with Crippen LogP contribution in [0.1, 0.15) is 18.9 Å². The summed E-state index contributed by atoms with van der Waals surface area (Å²) in [6, 6.07) is 5.28. The molecule has 2 amide bonds. The Kier molecular flexibility index (Phi) is 5.12. The van der Waals surface area contributed by atoms with Crippen LogP contribution >= 0.6 is 23.2 Å². The Bertz CT molecular complexity index is 563. The van der Waals surface area contributed by atoms with Crippen LogP contribution in [0.4, 0.5) is 0 Å². The van der Waals surface area contributed by atoms with Gasteiger partial charge in [0.2, 0.25) is 11.8 Å². The van der Waals surface area contributed by atoms with E-state index >= 15 is 0 Å². The van der Waals surface area contributed by atoms with E-state index in [1.807, 2.05) is 13.0 Å². The molecule has 114 valence electrons. The fourth-order valence-corrected chi connectivity index (χ4v) is 3.09. The number of carbonyl (C=O) groups excluding carboxylic acids is 2. The molecule has 6 heteroatoms. The molecular weight excluding hydrogens is 311 g/mol. The Hall–Kier alpha value is -1.26. The lowest BCUT2D eigenvalue weighted by Gasteiger charge is -2.21. The minimum absolute atomic E-state index is 0.0322. The van der Waals surface area contributed by atoms with Crippen LogP contribution in [-0.2, 0) is 16.0 Å². The average Bonchev–Trinajstić information content (AvgIpc) is 2.90. The fraction of sp³-hybridized carbons (Fsp3) is 0.467. The molecule has 0 saturated carbocycles. The van der Waals surface area contributed by atoms with E-state index in [0.717, 1.165) is 5.56 Å². The van der Waals surface area contributed by atoms with Crippen molar-refractivity contribution in [3.05, 3.63) is 33.8 Å². The van der Waals surface area contributed by atoms with Crippen LogP contribution in [0.2, 0.25) is 10.0 Å². The van der Waals surface area contributed by atoms with E-state index in [9.17, 15) is 9.59 Å². The van der Waals surface area contributed by atoms with Crippen LogP contribution < -0.4 is 5.73 Å². The summed E-state index contributed by atoms with van der Waals surface area (Å²) >= 11 is 12.0. The van der Waals surface area contributed by atoms with Gasteiger partial charge in [-0.3, -0.25) is 9.59 Å². The number of carbonyl (C=O) groups is 2. The first kappa shape index (κ1) is 16.1. The average molecular weight is 329 g/mol. The summed E-state index contributed by atoms with van der Waals surface area (Å²) < 4.78 is 0. The number of halogens is 2. The molecule has 0 bridgehead atoms. The fourth-order valence-electron chi connectivity index (χ4n) is 2.61. The van der Waals surface area contributed by atoms with Gasteiger partial charge in [0.05, 0.1) is 5.92 Å². The molecule has 2 rings (SSSR count). The van der Waals surface area contributed by atoms with Gasteiger partial charge in [0, 0.05) is 29.1 Å². The van der Waals surface area contributed by atoms with Crippen LogP contribution in [0.5, 0.6) is 0 Å². The Balaban J connectivity index is 1.98. The number of amides is 2. The summed E-state index contributed by atoms with van der Waals surface area (Å²) in [6.07, 6.45) is 1.20. The highest BCUT2D eigenvalue weighted by molar-refractivity contribution is 6.35. The van der Waals surface area contributed by atoms with Crippen molar-refractivity contribution in [2.45, 2.75) is 19.8 Å². The van der Waals surface area contributed by atoms with E-state index in [2.05, 4.69) is 0 Å². The molecule has 1 fully saturated rings. The van der Waals surface area contributed by atoms with E-state index in [4.69, 9.17) is 28.9 Å². The van der Waals surface area contributed by atoms with Gasteiger partial charge in [0.15, 0.2) is 0 Å². The number of nitrogens with zero attached hydrogens (tertiary/aromatic N) is 1. The van der Waals surface area contributed by atoms with Gasteiger partial charge in [-0.25, -0.2) is 0 Å². The molecule has 1 aromatic carbocycles. The van der Waals surface area contributed by atoms with Crippen molar-refractivity contribution < 1.29 is 9.59 Å². The number of rotatable bonds is 4. The predicted molar refractivity (Wildman–Crippen MR) is 83.2 cm³/mol. The zero-order chi connectivity index (χ0) is 15.6. The number of primary amides is 1. The first-order valence-electron chi connectivity index (χ1n) is 6.90. The lowest BCUT2D eigenvalue weighted by atomic mass is 10.00. The quantitative estimate of drug-likeness (QED) is 0.922. The molecule has 1 aliphatic rings. The Labute approximate surface area is 134 Å². The van der Waals surface area contributed by atoms with Crippen LogP contribution in [0.3, 0.4) is 0 Å². The predicted octanol–water partition coefficient (Wildman–Crippen LogP) is 2.51. The lowest BCUT2D eigenvalue weighted by Crippen LogP contribution is -2.35. The van der Waals surface area contributed by atoms with E-state index in [-0.39, 0.29) is 23.7 Å². The van der Waals surface area contributed by atoms with Gasteiger partial charge in [-0.15, -0.1) is 0 Å². The summed E-state index contributed by atoms with van der Waals surface area (Å²) in [5.74, 6) is -0.723. The van der Waals surface area contributed by atoms with Crippen LogP contribution in [-0.4, -0.2) is 29.8 Å². The maximum atomic E-state index is 12.4. The maximum Gasteiger partial charge on any atom is 0.225 e. The highest BCUT2D eigenvalue weighted by Gasteiger charge is 2.31. The van der Waals surface area contributed by atoms with Gasteiger partial charge in [-0.2, -0.15) is 0 Å². The summed E-state index contributed by atoms with van der Waals surface area (Å²) in [4.78, 5) is 25.3. The minimum atomic E-state index is -0.335. The third kappa shape index (κ3) is 3.89. The van der Waals surface area contributed by atoms with Gasteiger partial charge in [-0.1, -0.05) is 36.2 Å². The van der Waals surface area contributed by atoms with Crippen molar-refractivity contribution in [3.63, 3.8) is 0 Å². The number of likely N-dealkylation sites (tertiary alicyclic amines) is 1. The van der Waals surface area contributed by atoms with Gasteiger partial charge in [0.25, 0.3) is 0 Å². The zero-order valence-corrected chi connectivity index (χ0v) is 13.3. The Morgan fingerprint density at radius 1 is 1.43 bits per heavy atom. The van der Waals surface area contributed by atoms with Crippen LogP contribution in [0.15, 0.2) is 18.2 Å². The summed E-state index contributed by atoms with van der Waals surface area (Å²) in [7, 11) is 0. The largest absolute Gasteiger partial charge is 0.369 e. The van der Waals surface area contributed by atoms with E-state index < -0.39 is 0 Å². The Morgan fingerprint density at radius 3 is 2.71 bits per heavy atom. The Morgan fingerprint density at radius 2 is 2.14 bits per heavy atom. The number of hydrogen-bond acceptors (Lipinski definition) is 2. The van der Waals surface area contributed by atoms with Gasteiger partial charge in [0.1, 0.15) is 0 Å². The molecule has 0 aromatic heterocycles. The van der Waals surface area contributed by atoms with Crippen LogP contribution in [0.25, 0.3) is 0 Å². The molecule has 0 spiro atoms. The van der Waals surface area contributed by atoms with Crippen molar-refractivity contribution in [1.82, 2.24) is 4.90 Å². The molecule has 1 aromatic rings. The highest BCUT2D eigenvalue weighted by atomic mass is 35.5. The van der Waals surface area contributed by atoms with Crippen molar-refractivity contribution in [2.75, 3.05) is 13.1 Å². The number of nitrogens with two attached hydrogens (primary N) is 1. The third-order valence-electron chi connectivity index (χ3n) is 3.87. The molecule has 2 atom stereocenters. The molecule has 1 heterocycles. The standard InChI is InChI=1S/C15H18Cl2N2O2/c1-9(6-10-2-3-12(16)7-13(10)17)15(21)19-5-4-11(8-19)14(18)20/h2-3,7,9,11H,4-6,8H2,1H3,(H2,18,20)/t9-,11+/m1/s1. The van der Waals surface area contributed by atoms with Crippen molar-refractivity contribution >= 4 is 35.0 Å².